The van der Waals surface area contributed by atoms with E-state index >= 15 is 0 Å². The average molecular weight is 353 g/mol. The Labute approximate surface area is 142 Å². The number of aryl methyl sites for hydroxylation is 1. The van der Waals surface area contributed by atoms with Gasteiger partial charge in [-0.1, -0.05) is 0 Å². The maximum Gasteiger partial charge on any atom is 0.214 e. The van der Waals surface area contributed by atoms with Gasteiger partial charge in [0, 0.05) is 51.3 Å². The molecular weight excluding hydrogens is 330 g/mol. The van der Waals surface area contributed by atoms with Crippen LogP contribution in [0.5, 0.6) is 0 Å². The molecule has 0 radical (unpaired) electrons. The van der Waals surface area contributed by atoms with Crippen molar-refractivity contribution >= 4 is 10.0 Å². The van der Waals surface area contributed by atoms with Gasteiger partial charge in [0.15, 0.2) is 11.6 Å². The molecule has 8 nitrogen and oxygen atoms in total. The first-order valence-corrected chi connectivity index (χ1v) is 9.57. The van der Waals surface area contributed by atoms with Crippen molar-refractivity contribution in [2.75, 3.05) is 33.1 Å². The number of aromatic nitrogens is 4. The van der Waals surface area contributed by atoms with Crippen molar-refractivity contribution in [1.29, 1.82) is 0 Å². The highest BCUT2D eigenvalue weighted by Crippen LogP contribution is 2.31. The summed E-state index contributed by atoms with van der Waals surface area (Å²) in [6, 6.07) is -0.0702. The molecule has 3 rings (SSSR count). The van der Waals surface area contributed by atoms with Crippen molar-refractivity contribution in [2.24, 2.45) is 5.92 Å². The zero-order valence-corrected chi connectivity index (χ0v) is 15.0. The van der Waals surface area contributed by atoms with Crippen LogP contribution in [0.25, 0.3) is 11.6 Å². The van der Waals surface area contributed by atoms with Crippen molar-refractivity contribution in [3.63, 3.8) is 0 Å². The normalized spacial score (nSPS) is 21.7. The molecule has 1 fully saturated rings. The number of sulfonamides is 1. The molecule has 0 aliphatic carbocycles. The van der Waals surface area contributed by atoms with Crippen LogP contribution in [0.15, 0.2) is 24.8 Å². The van der Waals surface area contributed by atoms with Crippen molar-refractivity contribution in [2.45, 2.75) is 19.5 Å². The van der Waals surface area contributed by atoms with Gasteiger partial charge in [0.05, 0.1) is 25.0 Å². The molecule has 0 N–H and O–H groups in total. The molecule has 3 heterocycles. The highest BCUT2D eigenvalue weighted by Gasteiger charge is 2.35. The van der Waals surface area contributed by atoms with Gasteiger partial charge in [-0.15, -0.1) is 0 Å². The maximum atomic E-state index is 12.2. The minimum Gasteiger partial charge on any atom is -0.379 e. The SMILES string of the molecule is CCn1ccnc1-c1nccn1[C@@H]1COC[C@H]1CS(=O)(=O)N(C)C. The lowest BCUT2D eigenvalue weighted by molar-refractivity contribution is 0.182. The monoisotopic (exact) mass is 353 g/mol. The van der Waals surface area contributed by atoms with Crippen LogP contribution in [0.1, 0.15) is 13.0 Å². The van der Waals surface area contributed by atoms with E-state index in [9.17, 15) is 8.42 Å². The topological polar surface area (TPSA) is 82.2 Å². The van der Waals surface area contributed by atoms with Gasteiger partial charge >= 0.3 is 0 Å². The zero-order chi connectivity index (χ0) is 17.3. The molecule has 2 atom stereocenters. The molecule has 24 heavy (non-hydrogen) atoms. The molecule has 0 bridgehead atoms. The van der Waals surface area contributed by atoms with E-state index < -0.39 is 10.0 Å². The first kappa shape index (κ1) is 17.1. The second-order valence-corrected chi connectivity index (χ2v) is 8.35. The Kier molecular flexibility index (Phi) is 4.75. The molecule has 132 valence electrons. The summed E-state index contributed by atoms with van der Waals surface area (Å²) in [5.41, 5.74) is 0. The number of imidazole rings is 2. The summed E-state index contributed by atoms with van der Waals surface area (Å²) in [6.45, 7) is 3.74. The van der Waals surface area contributed by atoms with Crippen LogP contribution in [0.4, 0.5) is 0 Å². The predicted molar refractivity (Wildman–Crippen MR) is 89.9 cm³/mol. The summed E-state index contributed by atoms with van der Waals surface area (Å²) in [5.74, 6) is 1.47. The van der Waals surface area contributed by atoms with Crippen molar-refractivity contribution < 1.29 is 13.2 Å². The van der Waals surface area contributed by atoms with Crippen molar-refractivity contribution in [1.82, 2.24) is 23.4 Å². The van der Waals surface area contributed by atoms with E-state index in [4.69, 9.17) is 4.74 Å². The van der Waals surface area contributed by atoms with Gasteiger partial charge in [-0.05, 0) is 6.92 Å². The minimum atomic E-state index is -3.29. The molecule has 2 aromatic rings. The number of hydrogen-bond donors (Lipinski definition) is 0. The Morgan fingerprint density at radius 3 is 2.62 bits per heavy atom. The Hall–Kier alpha value is -1.71. The van der Waals surface area contributed by atoms with Gasteiger partial charge in [-0.3, -0.25) is 0 Å². The smallest absolute Gasteiger partial charge is 0.214 e. The Morgan fingerprint density at radius 2 is 1.92 bits per heavy atom. The summed E-state index contributed by atoms with van der Waals surface area (Å²) in [7, 11) is -0.174. The Morgan fingerprint density at radius 1 is 1.21 bits per heavy atom. The second kappa shape index (κ2) is 6.66. The maximum absolute atomic E-state index is 12.2. The first-order valence-electron chi connectivity index (χ1n) is 7.96. The van der Waals surface area contributed by atoms with Crippen molar-refractivity contribution in [3.8, 4) is 11.6 Å². The highest BCUT2D eigenvalue weighted by atomic mass is 32.2. The quantitative estimate of drug-likeness (QED) is 0.769. The summed E-state index contributed by atoms with van der Waals surface area (Å²) >= 11 is 0. The van der Waals surface area contributed by atoms with E-state index in [2.05, 4.69) is 9.97 Å². The second-order valence-electron chi connectivity index (χ2n) is 6.12. The van der Waals surface area contributed by atoms with Gasteiger partial charge in [-0.2, -0.15) is 0 Å². The molecule has 0 spiro atoms. The standard InChI is InChI=1S/C15H23N5O3S/c1-4-19-7-5-16-14(19)15-17-6-8-20(15)13-10-23-9-12(13)11-24(21,22)18(2)3/h5-8,12-13H,4,9-11H2,1-3H3/t12-,13+/m0/s1. The summed E-state index contributed by atoms with van der Waals surface area (Å²) in [4.78, 5) is 8.84. The van der Waals surface area contributed by atoms with Crippen LogP contribution >= 0.6 is 0 Å². The van der Waals surface area contributed by atoms with Gasteiger partial charge < -0.3 is 13.9 Å². The molecule has 0 saturated carbocycles. The molecular formula is C15H23N5O3S. The van der Waals surface area contributed by atoms with E-state index in [0.29, 0.717) is 13.2 Å². The van der Waals surface area contributed by atoms with E-state index in [-0.39, 0.29) is 17.7 Å². The first-order chi connectivity index (χ1) is 11.4. The summed E-state index contributed by atoms with van der Waals surface area (Å²) in [5, 5.41) is 0. The average Bonchev–Trinajstić information content (AvgIpc) is 3.25. The van der Waals surface area contributed by atoms with E-state index in [0.717, 1.165) is 18.2 Å². The summed E-state index contributed by atoms with van der Waals surface area (Å²) in [6.07, 6.45) is 7.25. The van der Waals surface area contributed by atoms with Crippen LogP contribution in [0.3, 0.4) is 0 Å². The number of ether oxygens (including phenoxy) is 1. The van der Waals surface area contributed by atoms with Gasteiger partial charge in [-0.25, -0.2) is 22.7 Å². The highest BCUT2D eigenvalue weighted by molar-refractivity contribution is 7.89. The molecule has 1 saturated heterocycles. The van der Waals surface area contributed by atoms with Gasteiger partial charge in [0.2, 0.25) is 10.0 Å². The van der Waals surface area contributed by atoms with Crippen LogP contribution in [0, 0.1) is 5.92 Å². The molecule has 0 amide bonds. The third-order valence-corrected chi connectivity index (χ3v) is 6.39. The Balaban J connectivity index is 1.91. The molecule has 0 unspecified atom stereocenters. The Bertz CT molecular complexity index is 796. The third kappa shape index (κ3) is 3.11. The lowest BCUT2D eigenvalue weighted by Crippen LogP contribution is -2.32. The van der Waals surface area contributed by atoms with E-state index in [1.54, 1.807) is 26.5 Å². The summed E-state index contributed by atoms with van der Waals surface area (Å²) < 4.78 is 35.4. The van der Waals surface area contributed by atoms with Crippen LogP contribution < -0.4 is 0 Å². The fourth-order valence-electron chi connectivity index (χ4n) is 3.00. The van der Waals surface area contributed by atoms with Crippen LogP contribution in [0.2, 0.25) is 0 Å². The number of rotatable bonds is 6. The van der Waals surface area contributed by atoms with E-state index in [1.165, 1.54) is 4.31 Å². The predicted octanol–water partition coefficient (Wildman–Crippen LogP) is 0.845. The lowest BCUT2D eigenvalue weighted by atomic mass is 10.1. The molecule has 1 aliphatic heterocycles. The van der Waals surface area contributed by atoms with Crippen molar-refractivity contribution in [3.05, 3.63) is 24.8 Å². The zero-order valence-electron chi connectivity index (χ0n) is 14.2. The molecule has 9 heteroatoms. The minimum absolute atomic E-state index is 0.0600. The van der Waals surface area contributed by atoms with Crippen LogP contribution in [-0.4, -0.2) is 64.9 Å². The fourth-order valence-corrected chi connectivity index (χ4v) is 4.16. The number of nitrogens with zero attached hydrogens (tertiary/aromatic N) is 5. The number of hydrogen-bond acceptors (Lipinski definition) is 5. The molecule has 1 aliphatic rings. The lowest BCUT2D eigenvalue weighted by Gasteiger charge is -2.22. The fraction of sp³-hybridized carbons (Fsp3) is 0.600. The third-order valence-electron chi connectivity index (χ3n) is 4.43. The largest absolute Gasteiger partial charge is 0.379 e. The van der Waals surface area contributed by atoms with Gasteiger partial charge in [0.1, 0.15) is 0 Å². The van der Waals surface area contributed by atoms with Gasteiger partial charge in [0.25, 0.3) is 0 Å². The molecule has 0 aromatic carbocycles. The molecule has 2 aromatic heterocycles. The van der Waals surface area contributed by atoms with Crippen LogP contribution in [-0.2, 0) is 21.3 Å². The van der Waals surface area contributed by atoms with E-state index in [1.807, 2.05) is 28.5 Å².